The Labute approximate surface area is 154 Å². The molecule has 1 N–H and O–H groups in total. The zero-order chi connectivity index (χ0) is 18.1. The van der Waals surface area contributed by atoms with E-state index >= 15 is 0 Å². The number of benzene rings is 1. The normalized spacial score (nSPS) is 11.0. The maximum absolute atomic E-state index is 12.3. The molecule has 2 aromatic heterocycles. The Kier molecular flexibility index (Phi) is 4.96. The summed E-state index contributed by atoms with van der Waals surface area (Å²) in [4.78, 5) is 29.7. The van der Waals surface area contributed by atoms with Gasteiger partial charge in [0.25, 0.3) is 5.56 Å². The van der Waals surface area contributed by atoms with Gasteiger partial charge in [-0.25, -0.2) is 4.98 Å². The fourth-order valence-corrected chi connectivity index (χ4v) is 4.54. The maximum Gasteiger partial charge on any atom is 0.262 e. The second-order valence-corrected chi connectivity index (χ2v) is 8.22. The van der Waals surface area contributed by atoms with Crippen molar-refractivity contribution in [1.82, 2.24) is 9.55 Å². The number of thiophene rings is 1. The van der Waals surface area contributed by atoms with Gasteiger partial charge in [0.05, 0.1) is 15.3 Å². The highest BCUT2D eigenvalue weighted by Crippen LogP contribution is 2.30. The van der Waals surface area contributed by atoms with E-state index in [0.29, 0.717) is 17.0 Å². The van der Waals surface area contributed by atoms with Crippen LogP contribution in [-0.4, -0.2) is 21.2 Å². The number of nitrogens with one attached hydrogen (secondary N) is 1. The Bertz CT molecular complexity index is 1000. The number of aromatic nitrogens is 2. The molecule has 0 aliphatic rings. The molecule has 0 atom stereocenters. The number of amides is 1. The number of anilines is 1. The first-order valence-corrected chi connectivity index (χ1v) is 9.63. The van der Waals surface area contributed by atoms with E-state index in [1.807, 2.05) is 45.0 Å². The van der Waals surface area contributed by atoms with Crippen LogP contribution in [0, 0.1) is 20.8 Å². The minimum atomic E-state index is -0.0584. The van der Waals surface area contributed by atoms with Gasteiger partial charge in [0.1, 0.15) is 10.7 Å². The molecule has 0 spiro atoms. The number of para-hydroxylation sites is 1. The summed E-state index contributed by atoms with van der Waals surface area (Å²) in [6.45, 7) is 5.77. The molecule has 25 heavy (non-hydrogen) atoms. The molecule has 0 aliphatic heterocycles. The van der Waals surface area contributed by atoms with Crippen LogP contribution in [0.4, 0.5) is 5.69 Å². The molecule has 2 heterocycles. The Balaban J connectivity index is 1.73. The molecule has 7 heteroatoms. The number of nitrogens with zero attached hydrogens (tertiary/aromatic N) is 2. The van der Waals surface area contributed by atoms with E-state index < -0.39 is 0 Å². The lowest BCUT2D eigenvalue weighted by molar-refractivity contribution is -0.113. The van der Waals surface area contributed by atoms with Crippen molar-refractivity contribution in [2.75, 3.05) is 11.1 Å². The Morgan fingerprint density at radius 3 is 2.64 bits per heavy atom. The molecule has 0 radical (unpaired) electrons. The molecule has 1 aromatic carbocycles. The van der Waals surface area contributed by atoms with Crippen LogP contribution >= 0.6 is 23.1 Å². The number of fused-ring (bicyclic) bond motifs is 1. The van der Waals surface area contributed by atoms with E-state index in [1.54, 1.807) is 7.05 Å². The monoisotopic (exact) mass is 373 g/mol. The highest BCUT2D eigenvalue weighted by atomic mass is 32.2. The van der Waals surface area contributed by atoms with E-state index in [-0.39, 0.29) is 11.5 Å². The van der Waals surface area contributed by atoms with Crippen molar-refractivity contribution >= 4 is 44.9 Å². The number of carbonyl (C=O) groups is 1. The molecule has 0 aliphatic carbocycles. The molecule has 1 amide bonds. The third kappa shape index (κ3) is 3.62. The zero-order valence-electron chi connectivity index (χ0n) is 14.5. The smallest absolute Gasteiger partial charge is 0.262 e. The van der Waals surface area contributed by atoms with Crippen LogP contribution < -0.4 is 10.9 Å². The molecular formula is C18H19N3O2S2. The first kappa shape index (κ1) is 17.7. The molecule has 3 rings (SSSR count). The van der Waals surface area contributed by atoms with Crippen molar-refractivity contribution < 1.29 is 4.79 Å². The summed E-state index contributed by atoms with van der Waals surface area (Å²) in [7, 11) is 1.71. The lowest BCUT2D eigenvalue weighted by atomic mass is 10.1. The van der Waals surface area contributed by atoms with Gasteiger partial charge in [0, 0.05) is 12.7 Å². The summed E-state index contributed by atoms with van der Waals surface area (Å²) in [5.74, 6) is 0.917. The van der Waals surface area contributed by atoms with Gasteiger partial charge < -0.3 is 5.32 Å². The van der Waals surface area contributed by atoms with Crippen LogP contribution in [0.15, 0.2) is 33.3 Å². The molecule has 0 fully saturated rings. The number of rotatable bonds is 4. The predicted molar refractivity (Wildman–Crippen MR) is 105 cm³/mol. The topological polar surface area (TPSA) is 64.0 Å². The van der Waals surface area contributed by atoms with E-state index in [2.05, 4.69) is 10.3 Å². The Morgan fingerprint density at radius 1 is 1.28 bits per heavy atom. The minimum absolute atomic E-state index is 0.0504. The number of hydrogen-bond donors (Lipinski definition) is 1. The number of hydrogen-bond acceptors (Lipinski definition) is 5. The number of carbonyl (C=O) groups excluding carboxylic acids is 1. The molecule has 3 aromatic rings. The van der Waals surface area contributed by atoms with Crippen LogP contribution in [0.3, 0.4) is 0 Å². The van der Waals surface area contributed by atoms with Gasteiger partial charge in [-0.3, -0.25) is 14.2 Å². The highest BCUT2D eigenvalue weighted by molar-refractivity contribution is 8.01. The van der Waals surface area contributed by atoms with Crippen LogP contribution in [0.2, 0.25) is 0 Å². The molecule has 0 saturated heterocycles. The van der Waals surface area contributed by atoms with Gasteiger partial charge in [0.2, 0.25) is 5.91 Å². The molecule has 0 saturated carbocycles. The average Bonchev–Trinajstić information content (AvgIpc) is 2.97. The fourth-order valence-electron chi connectivity index (χ4n) is 2.54. The SMILES string of the molecule is Cc1cccc(C)c1NC(=O)CSc1cc2c(=O)n(C)c(C)nc2s1. The average molecular weight is 374 g/mol. The standard InChI is InChI=1S/C18H19N3O2S2/c1-10-6-5-7-11(2)16(10)20-14(22)9-24-15-8-13-17(25-15)19-12(3)21(4)18(13)23/h5-8H,9H2,1-4H3,(H,20,22). The van der Waals surface area contributed by atoms with Crippen molar-refractivity contribution in [1.29, 1.82) is 0 Å². The van der Waals surface area contributed by atoms with Gasteiger partial charge in [-0.1, -0.05) is 18.2 Å². The van der Waals surface area contributed by atoms with Crippen LogP contribution in [0.25, 0.3) is 10.2 Å². The van der Waals surface area contributed by atoms with Crippen molar-refractivity contribution in [3.05, 3.63) is 51.6 Å². The largest absolute Gasteiger partial charge is 0.325 e. The van der Waals surface area contributed by atoms with Crippen molar-refractivity contribution in [2.45, 2.75) is 25.0 Å². The fraction of sp³-hybridized carbons (Fsp3) is 0.278. The van der Waals surface area contributed by atoms with Crippen LogP contribution in [0.1, 0.15) is 17.0 Å². The minimum Gasteiger partial charge on any atom is -0.325 e. The van der Waals surface area contributed by atoms with Crippen molar-refractivity contribution in [3.63, 3.8) is 0 Å². The molecule has 0 unspecified atom stereocenters. The van der Waals surface area contributed by atoms with Crippen molar-refractivity contribution in [2.24, 2.45) is 7.05 Å². The number of thioether (sulfide) groups is 1. The predicted octanol–water partition coefficient (Wildman–Crippen LogP) is 3.65. The van der Waals surface area contributed by atoms with Gasteiger partial charge in [0.15, 0.2) is 0 Å². The second kappa shape index (κ2) is 7.01. The van der Waals surface area contributed by atoms with Crippen molar-refractivity contribution in [3.8, 4) is 0 Å². The lowest BCUT2D eigenvalue weighted by Crippen LogP contribution is -2.19. The zero-order valence-corrected chi connectivity index (χ0v) is 16.2. The first-order valence-electron chi connectivity index (χ1n) is 7.83. The quantitative estimate of drug-likeness (QED) is 0.709. The van der Waals surface area contributed by atoms with Gasteiger partial charge in [-0.15, -0.1) is 23.1 Å². The van der Waals surface area contributed by atoms with Gasteiger partial charge in [-0.2, -0.15) is 0 Å². The van der Waals surface area contributed by atoms with E-state index in [4.69, 9.17) is 0 Å². The summed E-state index contributed by atoms with van der Waals surface area (Å²) >= 11 is 2.87. The molecule has 0 bridgehead atoms. The lowest BCUT2D eigenvalue weighted by Gasteiger charge is -2.10. The Morgan fingerprint density at radius 2 is 1.96 bits per heavy atom. The summed E-state index contributed by atoms with van der Waals surface area (Å²) in [6, 6.07) is 7.75. The second-order valence-electron chi connectivity index (χ2n) is 5.91. The number of aryl methyl sites for hydroxylation is 3. The first-order chi connectivity index (χ1) is 11.9. The van der Waals surface area contributed by atoms with Crippen LogP contribution in [-0.2, 0) is 11.8 Å². The van der Waals surface area contributed by atoms with E-state index in [1.165, 1.54) is 27.7 Å². The summed E-state index contributed by atoms with van der Waals surface area (Å²) < 4.78 is 2.46. The third-order valence-electron chi connectivity index (χ3n) is 4.06. The molecule has 5 nitrogen and oxygen atoms in total. The van der Waals surface area contributed by atoms with Gasteiger partial charge >= 0.3 is 0 Å². The summed E-state index contributed by atoms with van der Waals surface area (Å²) in [5, 5.41) is 3.58. The highest BCUT2D eigenvalue weighted by Gasteiger charge is 2.12. The molecular weight excluding hydrogens is 354 g/mol. The third-order valence-corrected chi connectivity index (χ3v) is 6.30. The maximum atomic E-state index is 12.3. The molecule has 130 valence electrons. The van der Waals surface area contributed by atoms with Crippen LogP contribution in [0.5, 0.6) is 0 Å². The Hall–Kier alpha value is -2.12. The summed E-state index contributed by atoms with van der Waals surface area (Å²) in [5.41, 5.74) is 2.91. The van der Waals surface area contributed by atoms with E-state index in [9.17, 15) is 9.59 Å². The van der Waals surface area contributed by atoms with E-state index in [0.717, 1.165) is 25.9 Å². The summed E-state index contributed by atoms with van der Waals surface area (Å²) in [6.07, 6.45) is 0. The van der Waals surface area contributed by atoms with Gasteiger partial charge in [-0.05, 0) is 38.0 Å².